The van der Waals surface area contributed by atoms with Gasteiger partial charge in [0.15, 0.2) is 16.2 Å². The predicted octanol–water partition coefficient (Wildman–Crippen LogP) is 1.84. The topological polar surface area (TPSA) is 72.2 Å². The Bertz CT molecular complexity index is 510. The minimum absolute atomic E-state index is 0.0640. The molecule has 0 atom stereocenters. The number of sulfone groups is 1. The van der Waals surface area contributed by atoms with E-state index in [1.54, 1.807) is 13.8 Å². The maximum absolute atomic E-state index is 11.8. The van der Waals surface area contributed by atoms with Crippen LogP contribution in [0, 0.1) is 0 Å². The van der Waals surface area contributed by atoms with Gasteiger partial charge in [0.2, 0.25) is 0 Å². The molecule has 1 rings (SSSR count). The molecule has 0 aliphatic heterocycles. The van der Waals surface area contributed by atoms with E-state index in [4.69, 9.17) is 4.42 Å². The van der Waals surface area contributed by atoms with Crippen molar-refractivity contribution < 1.29 is 12.8 Å². The average Bonchev–Trinajstić information content (AvgIpc) is 2.59. The summed E-state index contributed by atoms with van der Waals surface area (Å²) in [4.78, 5) is 4.11. The first kappa shape index (κ1) is 15.2. The Morgan fingerprint density at radius 3 is 2.28 bits per heavy atom. The lowest BCUT2D eigenvalue weighted by Crippen LogP contribution is -2.36. The van der Waals surface area contributed by atoms with Crippen molar-refractivity contribution in [1.82, 2.24) is 10.3 Å². The summed E-state index contributed by atoms with van der Waals surface area (Å²) in [6, 6.07) is 0. The van der Waals surface area contributed by atoms with E-state index in [9.17, 15) is 8.42 Å². The Morgan fingerprint density at radius 2 is 1.83 bits per heavy atom. The minimum atomic E-state index is -3.26. The third kappa shape index (κ3) is 3.32. The van der Waals surface area contributed by atoms with Crippen molar-refractivity contribution in [2.45, 2.75) is 51.4 Å². The molecule has 0 spiro atoms. The highest BCUT2D eigenvalue weighted by Crippen LogP contribution is 2.31. The van der Waals surface area contributed by atoms with E-state index in [0.29, 0.717) is 18.0 Å². The zero-order valence-electron chi connectivity index (χ0n) is 11.9. The lowest BCUT2D eigenvalue weighted by molar-refractivity contribution is 0.408. The summed E-state index contributed by atoms with van der Waals surface area (Å²) in [5.74, 6) is 0.404. The smallest absolute Gasteiger partial charge is 0.181 e. The van der Waals surface area contributed by atoms with Crippen LogP contribution in [0.2, 0.25) is 0 Å². The molecule has 0 fully saturated rings. The number of aromatic nitrogens is 1. The van der Waals surface area contributed by atoms with E-state index in [-0.39, 0.29) is 5.54 Å². The SMILES string of the molecule is CC(C)(C)NCc1ncoc1C(C)(C)S(C)(=O)=O. The van der Waals surface area contributed by atoms with Crippen LogP contribution in [-0.2, 0) is 21.1 Å². The standard InChI is InChI=1S/C12H22N2O3S/c1-11(2,3)14-7-9-10(17-8-13-9)12(4,5)18(6,15)16/h8,14H,7H2,1-6H3. The lowest BCUT2D eigenvalue weighted by Gasteiger charge is -2.23. The van der Waals surface area contributed by atoms with Crippen LogP contribution in [0.15, 0.2) is 10.8 Å². The molecule has 1 aromatic heterocycles. The first-order valence-electron chi connectivity index (χ1n) is 5.82. The maximum atomic E-state index is 11.8. The maximum Gasteiger partial charge on any atom is 0.181 e. The van der Waals surface area contributed by atoms with Crippen LogP contribution in [0.4, 0.5) is 0 Å². The van der Waals surface area contributed by atoms with E-state index in [0.717, 1.165) is 0 Å². The van der Waals surface area contributed by atoms with E-state index in [2.05, 4.69) is 10.3 Å². The minimum Gasteiger partial charge on any atom is -0.446 e. The average molecular weight is 274 g/mol. The van der Waals surface area contributed by atoms with Gasteiger partial charge >= 0.3 is 0 Å². The summed E-state index contributed by atoms with van der Waals surface area (Å²) >= 11 is 0. The van der Waals surface area contributed by atoms with Crippen molar-refractivity contribution in [2.24, 2.45) is 0 Å². The summed E-state index contributed by atoms with van der Waals surface area (Å²) in [6.07, 6.45) is 2.50. The molecule has 0 radical (unpaired) electrons. The van der Waals surface area contributed by atoms with Crippen LogP contribution in [0.3, 0.4) is 0 Å². The third-order valence-corrected chi connectivity index (χ3v) is 4.94. The number of nitrogens with zero attached hydrogens (tertiary/aromatic N) is 1. The zero-order valence-corrected chi connectivity index (χ0v) is 12.7. The Hall–Kier alpha value is -0.880. The fraction of sp³-hybridized carbons (Fsp3) is 0.750. The van der Waals surface area contributed by atoms with Crippen LogP contribution in [0.25, 0.3) is 0 Å². The van der Waals surface area contributed by atoms with E-state index in [1.165, 1.54) is 12.6 Å². The molecule has 0 saturated carbocycles. The zero-order chi connectivity index (χ0) is 14.2. The van der Waals surface area contributed by atoms with Crippen LogP contribution >= 0.6 is 0 Å². The molecule has 6 heteroatoms. The van der Waals surface area contributed by atoms with Crippen molar-refractivity contribution in [3.63, 3.8) is 0 Å². The van der Waals surface area contributed by atoms with Crippen molar-refractivity contribution in [1.29, 1.82) is 0 Å². The molecule has 0 bridgehead atoms. The van der Waals surface area contributed by atoms with Crippen LogP contribution in [0.5, 0.6) is 0 Å². The van der Waals surface area contributed by atoms with Gasteiger partial charge in [0.25, 0.3) is 0 Å². The molecule has 0 saturated heterocycles. The first-order valence-corrected chi connectivity index (χ1v) is 7.72. The monoisotopic (exact) mass is 274 g/mol. The summed E-state index contributed by atoms with van der Waals surface area (Å²) < 4.78 is 27.8. The highest BCUT2D eigenvalue weighted by molar-refractivity contribution is 7.91. The van der Waals surface area contributed by atoms with Crippen LogP contribution in [-0.4, -0.2) is 25.2 Å². The molecular formula is C12H22N2O3S. The molecule has 0 aromatic carbocycles. The first-order chi connectivity index (χ1) is 7.95. The molecule has 104 valence electrons. The highest BCUT2D eigenvalue weighted by Gasteiger charge is 2.38. The van der Waals surface area contributed by atoms with Crippen LogP contribution < -0.4 is 5.32 Å². The van der Waals surface area contributed by atoms with Gasteiger partial charge in [-0.1, -0.05) is 0 Å². The van der Waals surface area contributed by atoms with E-state index >= 15 is 0 Å². The van der Waals surface area contributed by atoms with Gasteiger partial charge in [0.05, 0.1) is 5.69 Å². The molecule has 0 aliphatic rings. The molecule has 0 amide bonds. The number of nitrogens with one attached hydrogen (secondary N) is 1. The number of hydrogen-bond acceptors (Lipinski definition) is 5. The molecule has 1 heterocycles. The second kappa shape index (κ2) is 4.66. The molecule has 5 nitrogen and oxygen atoms in total. The molecule has 1 N–H and O–H groups in total. The van der Waals surface area contributed by atoms with Crippen molar-refractivity contribution >= 4 is 9.84 Å². The van der Waals surface area contributed by atoms with Gasteiger partial charge in [-0.15, -0.1) is 0 Å². The predicted molar refractivity (Wildman–Crippen MR) is 71.0 cm³/mol. The second-order valence-corrected chi connectivity index (χ2v) is 8.58. The second-order valence-electron chi connectivity index (χ2n) is 6.01. The summed E-state index contributed by atoms with van der Waals surface area (Å²) in [7, 11) is -3.26. The normalized spacial score (nSPS) is 13.9. The molecular weight excluding hydrogens is 252 g/mol. The molecule has 0 aliphatic carbocycles. The molecule has 1 aromatic rings. The molecule has 18 heavy (non-hydrogen) atoms. The quantitative estimate of drug-likeness (QED) is 0.907. The number of oxazole rings is 1. The van der Waals surface area contributed by atoms with Gasteiger partial charge in [-0.05, 0) is 34.6 Å². The summed E-state index contributed by atoms with van der Waals surface area (Å²) in [5.41, 5.74) is 0.575. The fourth-order valence-corrected chi connectivity index (χ4v) is 1.90. The Labute approximate surface area is 109 Å². The van der Waals surface area contributed by atoms with Crippen molar-refractivity contribution in [3.8, 4) is 0 Å². The van der Waals surface area contributed by atoms with Gasteiger partial charge in [0.1, 0.15) is 10.5 Å². The fourth-order valence-electron chi connectivity index (χ4n) is 1.40. The van der Waals surface area contributed by atoms with Crippen molar-refractivity contribution in [3.05, 3.63) is 17.8 Å². The number of rotatable bonds is 4. The van der Waals surface area contributed by atoms with E-state index < -0.39 is 14.6 Å². The van der Waals surface area contributed by atoms with Gasteiger partial charge in [0, 0.05) is 18.3 Å². The Balaban J connectivity index is 3.04. The Kier molecular flexibility index (Phi) is 3.93. The largest absolute Gasteiger partial charge is 0.446 e. The highest BCUT2D eigenvalue weighted by atomic mass is 32.2. The van der Waals surface area contributed by atoms with Gasteiger partial charge in [-0.25, -0.2) is 13.4 Å². The number of hydrogen-bond donors (Lipinski definition) is 1. The van der Waals surface area contributed by atoms with Gasteiger partial charge < -0.3 is 9.73 Å². The third-order valence-electron chi connectivity index (χ3n) is 2.90. The molecule has 0 unspecified atom stereocenters. The lowest BCUT2D eigenvalue weighted by atomic mass is 10.1. The summed E-state index contributed by atoms with van der Waals surface area (Å²) in [5, 5.41) is 3.27. The van der Waals surface area contributed by atoms with E-state index in [1.807, 2.05) is 20.8 Å². The summed E-state index contributed by atoms with van der Waals surface area (Å²) in [6.45, 7) is 9.85. The van der Waals surface area contributed by atoms with Gasteiger partial charge in [-0.2, -0.15) is 0 Å². The van der Waals surface area contributed by atoms with Crippen molar-refractivity contribution in [2.75, 3.05) is 6.26 Å². The van der Waals surface area contributed by atoms with Gasteiger partial charge in [-0.3, -0.25) is 0 Å². The van der Waals surface area contributed by atoms with Crippen LogP contribution in [0.1, 0.15) is 46.1 Å². The Morgan fingerprint density at radius 1 is 1.28 bits per heavy atom.